The second kappa shape index (κ2) is 8.09. The highest BCUT2D eigenvalue weighted by Gasteiger charge is 2.27. The van der Waals surface area contributed by atoms with Crippen LogP contribution in [0, 0.1) is 0 Å². The smallest absolute Gasteiger partial charge is 0.372 e. The molecule has 7 heteroatoms. The van der Waals surface area contributed by atoms with Crippen molar-refractivity contribution in [2.45, 2.75) is 32.0 Å². The topological polar surface area (TPSA) is 21.3 Å². The van der Waals surface area contributed by atoms with E-state index in [4.69, 9.17) is 11.6 Å². The van der Waals surface area contributed by atoms with E-state index in [1.807, 2.05) is 13.0 Å². The molecule has 0 saturated heterocycles. The van der Waals surface area contributed by atoms with E-state index in [-0.39, 0.29) is 12.6 Å². The lowest BCUT2D eigenvalue weighted by atomic mass is 10.1. The Kier molecular flexibility index (Phi) is 7.13. The molecule has 19 heavy (non-hydrogen) atoms. The van der Waals surface area contributed by atoms with Gasteiger partial charge in [-0.15, -0.1) is 11.3 Å². The quantitative estimate of drug-likeness (QED) is 0.717. The molecule has 0 saturated carbocycles. The molecule has 1 heterocycles. The van der Waals surface area contributed by atoms with E-state index < -0.39 is 12.8 Å². The van der Waals surface area contributed by atoms with Crippen LogP contribution in [0.4, 0.5) is 13.2 Å². The maximum atomic E-state index is 12.0. The number of hydrogen-bond donors (Lipinski definition) is 1. The molecule has 0 aliphatic carbocycles. The van der Waals surface area contributed by atoms with E-state index in [2.05, 4.69) is 10.1 Å². The summed E-state index contributed by atoms with van der Waals surface area (Å²) in [5.74, 6) is 0. The standard InChI is InChI=1S/C12H17ClF3NOS/c1-2-6-17-9(10-3-4-11(13)19-10)5-7-18-8-12(14,15)16/h3-4,9,17H,2,5-8H2,1H3. The summed E-state index contributed by atoms with van der Waals surface area (Å²) >= 11 is 7.31. The molecule has 2 nitrogen and oxygen atoms in total. The Bertz CT molecular complexity index is 370. The van der Waals surface area contributed by atoms with E-state index in [1.165, 1.54) is 11.3 Å². The minimum Gasteiger partial charge on any atom is -0.372 e. The van der Waals surface area contributed by atoms with Gasteiger partial charge in [0.2, 0.25) is 0 Å². The van der Waals surface area contributed by atoms with Gasteiger partial charge in [0, 0.05) is 17.5 Å². The minimum atomic E-state index is -4.27. The molecule has 1 aromatic rings. The zero-order valence-corrected chi connectivity index (χ0v) is 12.2. The molecular formula is C12H17ClF3NOS. The van der Waals surface area contributed by atoms with Crippen molar-refractivity contribution < 1.29 is 17.9 Å². The number of nitrogens with one attached hydrogen (secondary N) is 1. The van der Waals surface area contributed by atoms with E-state index in [1.54, 1.807) is 6.07 Å². The summed E-state index contributed by atoms with van der Waals surface area (Å²) < 4.78 is 41.2. The average Bonchev–Trinajstić information content (AvgIpc) is 2.73. The van der Waals surface area contributed by atoms with E-state index in [9.17, 15) is 13.2 Å². The second-order valence-electron chi connectivity index (χ2n) is 4.11. The third-order valence-electron chi connectivity index (χ3n) is 2.39. The molecule has 1 unspecified atom stereocenters. The highest BCUT2D eigenvalue weighted by molar-refractivity contribution is 7.16. The van der Waals surface area contributed by atoms with Crippen LogP contribution in [0.1, 0.15) is 30.7 Å². The fourth-order valence-corrected chi connectivity index (χ4v) is 2.74. The van der Waals surface area contributed by atoms with Crippen molar-refractivity contribution in [2.75, 3.05) is 19.8 Å². The third kappa shape index (κ3) is 7.15. The molecule has 0 aliphatic rings. The first kappa shape index (κ1) is 16.8. The maximum absolute atomic E-state index is 12.0. The number of thiophene rings is 1. The molecule has 1 aromatic heterocycles. The van der Waals surface area contributed by atoms with E-state index >= 15 is 0 Å². The van der Waals surface area contributed by atoms with Crippen molar-refractivity contribution in [1.29, 1.82) is 0 Å². The monoisotopic (exact) mass is 315 g/mol. The van der Waals surface area contributed by atoms with Gasteiger partial charge in [-0.1, -0.05) is 18.5 Å². The number of ether oxygens (including phenoxy) is 1. The van der Waals surface area contributed by atoms with Crippen LogP contribution < -0.4 is 5.32 Å². The van der Waals surface area contributed by atoms with Crippen molar-refractivity contribution in [2.24, 2.45) is 0 Å². The molecule has 0 aliphatic heterocycles. The summed E-state index contributed by atoms with van der Waals surface area (Å²) in [4.78, 5) is 1.02. The van der Waals surface area contributed by atoms with Crippen LogP contribution in [0.25, 0.3) is 0 Å². The molecule has 110 valence electrons. The predicted octanol–water partition coefficient (Wildman–Crippen LogP) is 4.41. The first-order chi connectivity index (χ1) is 8.92. The first-order valence-electron chi connectivity index (χ1n) is 6.05. The zero-order chi connectivity index (χ0) is 14.3. The lowest BCUT2D eigenvalue weighted by Gasteiger charge is -2.17. The van der Waals surface area contributed by atoms with Crippen LogP contribution in [0.3, 0.4) is 0 Å². The highest BCUT2D eigenvalue weighted by atomic mass is 35.5. The van der Waals surface area contributed by atoms with Crippen LogP contribution in [-0.2, 0) is 4.74 Å². The highest BCUT2D eigenvalue weighted by Crippen LogP contribution is 2.29. The molecule has 1 atom stereocenters. The second-order valence-corrected chi connectivity index (χ2v) is 5.85. The van der Waals surface area contributed by atoms with Crippen LogP contribution in [0.5, 0.6) is 0 Å². The first-order valence-corrected chi connectivity index (χ1v) is 7.25. The van der Waals surface area contributed by atoms with Gasteiger partial charge < -0.3 is 10.1 Å². The lowest BCUT2D eigenvalue weighted by Crippen LogP contribution is -2.24. The summed E-state index contributed by atoms with van der Waals surface area (Å²) in [6.07, 6.45) is -2.81. The maximum Gasteiger partial charge on any atom is 0.411 e. The van der Waals surface area contributed by atoms with Gasteiger partial charge in [0.25, 0.3) is 0 Å². The summed E-state index contributed by atoms with van der Waals surface area (Å²) in [7, 11) is 0. The number of hydrogen-bond acceptors (Lipinski definition) is 3. The van der Waals surface area contributed by atoms with Gasteiger partial charge in [0.05, 0.1) is 4.34 Å². The van der Waals surface area contributed by atoms with Crippen molar-refractivity contribution in [3.63, 3.8) is 0 Å². The Balaban J connectivity index is 2.42. The Morgan fingerprint density at radius 3 is 2.68 bits per heavy atom. The van der Waals surface area contributed by atoms with Crippen molar-refractivity contribution in [1.82, 2.24) is 5.32 Å². The fourth-order valence-electron chi connectivity index (χ4n) is 1.57. The molecule has 0 fully saturated rings. The summed E-state index contributed by atoms with van der Waals surface area (Å²) in [5.41, 5.74) is 0. The number of alkyl halides is 3. The van der Waals surface area contributed by atoms with Gasteiger partial charge in [-0.25, -0.2) is 0 Å². The van der Waals surface area contributed by atoms with Gasteiger partial charge in [-0.05, 0) is 31.5 Å². The molecule has 0 aromatic carbocycles. The normalized spacial score (nSPS) is 13.7. The van der Waals surface area contributed by atoms with E-state index in [0.717, 1.165) is 17.8 Å². The van der Waals surface area contributed by atoms with Crippen LogP contribution in [-0.4, -0.2) is 25.9 Å². The van der Waals surface area contributed by atoms with E-state index in [0.29, 0.717) is 10.8 Å². The number of rotatable bonds is 8. The summed E-state index contributed by atoms with van der Waals surface area (Å²) in [6, 6.07) is 3.67. The molecule has 1 rings (SSSR count). The Morgan fingerprint density at radius 1 is 1.42 bits per heavy atom. The van der Waals surface area contributed by atoms with Crippen molar-refractivity contribution in [3.05, 3.63) is 21.3 Å². The van der Waals surface area contributed by atoms with Gasteiger partial charge in [0.15, 0.2) is 0 Å². The van der Waals surface area contributed by atoms with Gasteiger partial charge in [-0.2, -0.15) is 13.2 Å². The molecule has 0 amide bonds. The molecule has 0 bridgehead atoms. The van der Waals surface area contributed by atoms with Gasteiger partial charge in [-0.3, -0.25) is 0 Å². The molecular weight excluding hydrogens is 299 g/mol. The SMILES string of the molecule is CCCNC(CCOCC(F)(F)F)c1ccc(Cl)s1. The molecule has 0 spiro atoms. The van der Waals surface area contributed by atoms with Crippen LogP contribution >= 0.6 is 22.9 Å². The van der Waals surface area contributed by atoms with Crippen LogP contribution in [0.2, 0.25) is 4.34 Å². The van der Waals surface area contributed by atoms with Gasteiger partial charge in [0.1, 0.15) is 6.61 Å². The fraction of sp³-hybridized carbons (Fsp3) is 0.667. The third-order valence-corrected chi connectivity index (χ3v) is 3.74. The average molecular weight is 316 g/mol. The molecule has 1 N–H and O–H groups in total. The van der Waals surface area contributed by atoms with Crippen molar-refractivity contribution in [3.8, 4) is 0 Å². The lowest BCUT2D eigenvalue weighted by molar-refractivity contribution is -0.174. The van der Waals surface area contributed by atoms with Crippen molar-refractivity contribution >= 4 is 22.9 Å². The Hall–Kier alpha value is -0.300. The number of halogens is 4. The van der Waals surface area contributed by atoms with Gasteiger partial charge >= 0.3 is 6.18 Å². The Labute approximate surface area is 119 Å². The Morgan fingerprint density at radius 2 is 2.16 bits per heavy atom. The van der Waals surface area contributed by atoms with Crippen LogP contribution in [0.15, 0.2) is 12.1 Å². The minimum absolute atomic E-state index is 0.00863. The summed E-state index contributed by atoms with van der Waals surface area (Å²) in [5, 5.41) is 3.29. The molecule has 0 radical (unpaired) electrons. The predicted molar refractivity (Wildman–Crippen MR) is 71.9 cm³/mol. The zero-order valence-electron chi connectivity index (χ0n) is 10.6. The largest absolute Gasteiger partial charge is 0.411 e. The summed E-state index contributed by atoms with van der Waals surface area (Å²) in [6.45, 7) is 1.71.